The van der Waals surface area contributed by atoms with Gasteiger partial charge < -0.3 is 20.5 Å². The largest absolute Gasteiger partial charge is 0.467 e. The van der Waals surface area contributed by atoms with Crippen LogP contribution in [-0.2, 0) is 36.8 Å². The summed E-state index contributed by atoms with van der Waals surface area (Å²) in [6, 6.07) is 4.32. The van der Waals surface area contributed by atoms with E-state index < -0.39 is 23.5 Å². The summed E-state index contributed by atoms with van der Waals surface area (Å²) in [5, 5.41) is 2.85. The van der Waals surface area contributed by atoms with Gasteiger partial charge >= 0.3 is 11.9 Å². The number of benzene rings is 1. The molecule has 2 rings (SSSR count). The zero-order valence-corrected chi connectivity index (χ0v) is 24.3. The smallest absolute Gasteiger partial charge is 0.328 e. The Morgan fingerprint density at radius 2 is 1.58 bits per heavy atom. The number of quaternary nitrogens is 1. The summed E-state index contributed by atoms with van der Waals surface area (Å²) in [6.45, 7) is 11.9. The van der Waals surface area contributed by atoms with Crippen molar-refractivity contribution in [3.63, 3.8) is 0 Å². The van der Waals surface area contributed by atoms with Gasteiger partial charge in [-0.05, 0) is 35.3 Å². The summed E-state index contributed by atoms with van der Waals surface area (Å²) in [6.07, 6.45) is 5.18. The van der Waals surface area contributed by atoms with Crippen LogP contribution in [-0.4, -0.2) is 42.3 Å². The maximum Gasteiger partial charge on any atom is 0.328 e. The Morgan fingerprint density at radius 3 is 2.13 bits per heavy atom. The van der Waals surface area contributed by atoms with E-state index in [1.807, 2.05) is 41.5 Å². The standard InChI is InChI=1S/C30H46N2O6/c1-28(2,3)18-22(33)17-21-12-11-20(16-24(21)38-25(34)19-29(4,5)6)15-23(26(35)37-7)32-27(36)30(31)13-9-8-10-14-30/h11-12,16,23H,8-10,13-15,17-19,31H2,1-7H3,(H,32,36)/p+1/t23-/m0/s1. The summed E-state index contributed by atoms with van der Waals surface area (Å²) < 4.78 is 10.7. The van der Waals surface area contributed by atoms with Crippen LogP contribution >= 0.6 is 0 Å². The summed E-state index contributed by atoms with van der Waals surface area (Å²) in [7, 11) is 1.28. The molecule has 8 nitrogen and oxygen atoms in total. The van der Waals surface area contributed by atoms with Crippen molar-refractivity contribution < 1.29 is 34.4 Å². The maximum atomic E-state index is 13.1. The van der Waals surface area contributed by atoms with E-state index in [0.29, 0.717) is 36.1 Å². The summed E-state index contributed by atoms with van der Waals surface area (Å²) >= 11 is 0. The monoisotopic (exact) mass is 531 g/mol. The molecule has 1 atom stereocenters. The Labute approximate surface area is 227 Å². The number of Topliss-reactive ketones (excluding diaryl/α,β-unsaturated/α-hetero) is 1. The molecule has 1 aromatic rings. The Bertz CT molecular complexity index is 1010. The predicted octanol–water partition coefficient (Wildman–Crippen LogP) is 3.72. The van der Waals surface area contributed by atoms with Crippen molar-refractivity contribution >= 4 is 23.6 Å². The van der Waals surface area contributed by atoms with Crippen LogP contribution in [0.1, 0.15) is 97.6 Å². The number of hydrogen-bond acceptors (Lipinski definition) is 6. The fourth-order valence-corrected chi connectivity index (χ4v) is 4.76. The molecule has 0 unspecified atom stereocenters. The molecule has 38 heavy (non-hydrogen) atoms. The van der Waals surface area contributed by atoms with Crippen molar-refractivity contribution in [3.8, 4) is 5.75 Å². The Kier molecular flexibility index (Phi) is 10.7. The number of methoxy groups -OCH3 is 1. The van der Waals surface area contributed by atoms with Crippen LogP contribution in [0.2, 0.25) is 0 Å². The van der Waals surface area contributed by atoms with E-state index in [1.54, 1.807) is 18.2 Å². The summed E-state index contributed by atoms with van der Waals surface area (Å²) in [5.74, 6) is -0.864. The molecule has 0 saturated heterocycles. The number of carbonyl (C=O) groups excluding carboxylic acids is 4. The molecule has 8 heteroatoms. The second-order valence-corrected chi connectivity index (χ2v) is 13.2. The molecule has 0 radical (unpaired) electrons. The van der Waals surface area contributed by atoms with Crippen molar-refractivity contribution in [2.75, 3.05) is 7.11 Å². The van der Waals surface area contributed by atoms with Crippen molar-refractivity contribution in [2.45, 2.75) is 111 Å². The molecule has 0 spiro atoms. The molecule has 1 saturated carbocycles. The Morgan fingerprint density at radius 1 is 0.974 bits per heavy atom. The summed E-state index contributed by atoms with van der Waals surface area (Å²) in [5.41, 5.74) is 4.27. The third-order valence-electron chi connectivity index (χ3n) is 6.67. The number of hydrogen-bond donors (Lipinski definition) is 2. The Hall–Kier alpha value is -2.74. The first-order valence-electron chi connectivity index (χ1n) is 13.6. The minimum atomic E-state index is -0.917. The highest BCUT2D eigenvalue weighted by molar-refractivity contribution is 5.89. The predicted molar refractivity (Wildman–Crippen MR) is 145 cm³/mol. The topological polar surface area (TPSA) is 126 Å². The van der Waals surface area contributed by atoms with Crippen molar-refractivity contribution in [1.82, 2.24) is 5.32 Å². The number of carbonyl (C=O) groups is 4. The number of ether oxygens (including phenoxy) is 2. The summed E-state index contributed by atoms with van der Waals surface area (Å²) in [4.78, 5) is 51.1. The second kappa shape index (κ2) is 12.9. The zero-order valence-electron chi connectivity index (χ0n) is 24.3. The van der Waals surface area contributed by atoms with Gasteiger partial charge in [0.05, 0.1) is 13.5 Å². The molecule has 0 bridgehead atoms. The molecule has 0 heterocycles. The maximum absolute atomic E-state index is 13.1. The lowest BCUT2D eigenvalue weighted by atomic mass is 9.81. The average Bonchev–Trinajstić information content (AvgIpc) is 2.77. The molecule has 4 N–H and O–H groups in total. The van der Waals surface area contributed by atoms with Gasteiger partial charge in [0.1, 0.15) is 17.6 Å². The van der Waals surface area contributed by atoms with Gasteiger partial charge in [-0.25, -0.2) is 4.79 Å². The molecule has 1 aliphatic rings. The van der Waals surface area contributed by atoms with Gasteiger partial charge in [-0.3, -0.25) is 14.4 Å². The van der Waals surface area contributed by atoms with Gasteiger partial charge in [-0.2, -0.15) is 0 Å². The molecule has 1 fully saturated rings. The highest BCUT2D eigenvalue weighted by atomic mass is 16.5. The van der Waals surface area contributed by atoms with Gasteiger partial charge in [0.25, 0.3) is 5.91 Å². The van der Waals surface area contributed by atoms with Gasteiger partial charge in [0.15, 0.2) is 5.54 Å². The van der Waals surface area contributed by atoms with E-state index >= 15 is 0 Å². The van der Waals surface area contributed by atoms with Crippen molar-refractivity contribution in [1.29, 1.82) is 0 Å². The lowest BCUT2D eigenvalue weighted by molar-refractivity contribution is -0.464. The molecule has 1 amide bonds. The molecule has 1 aliphatic carbocycles. The number of amides is 1. The minimum absolute atomic E-state index is 0.0475. The van der Waals surface area contributed by atoms with E-state index in [9.17, 15) is 19.2 Å². The van der Waals surface area contributed by atoms with Crippen LogP contribution in [0, 0.1) is 10.8 Å². The lowest BCUT2D eigenvalue weighted by Gasteiger charge is -2.30. The van der Waals surface area contributed by atoms with E-state index in [1.165, 1.54) is 7.11 Å². The van der Waals surface area contributed by atoms with E-state index in [4.69, 9.17) is 9.47 Å². The first kappa shape index (κ1) is 31.5. The molecule has 0 aromatic heterocycles. The fraction of sp³-hybridized carbons (Fsp3) is 0.667. The minimum Gasteiger partial charge on any atom is -0.467 e. The number of nitrogens with one attached hydrogen (secondary N) is 1. The average molecular weight is 532 g/mol. The molecular weight excluding hydrogens is 484 g/mol. The van der Waals surface area contributed by atoms with Crippen LogP contribution in [0.15, 0.2) is 18.2 Å². The van der Waals surface area contributed by atoms with Crippen LogP contribution in [0.3, 0.4) is 0 Å². The Balaban J connectivity index is 2.31. The zero-order chi connectivity index (χ0) is 28.7. The molecule has 212 valence electrons. The lowest BCUT2D eigenvalue weighted by Crippen LogP contribution is -2.79. The van der Waals surface area contributed by atoms with Gasteiger partial charge in [0.2, 0.25) is 0 Å². The second-order valence-electron chi connectivity index (χ2n) is 13.2. The molecular formula is C30H47N2O6+. The van der Waals surface area contributed by atoms with E-state index in [2.05, 4.69) is 11.1 Å². The van der Waals surface area contributed by atoms with E-state index in [-0.39, 0.29) is 41.8 Å². The third-order valence-corrected chi connectivity index (χ3v) is 6.67. The molecule has 0 aliphatic heterocycles. The van der Waals surface area contributed by atoms with Crippen LogP contribution < -0.4 is 15.8 Å². The van der Waals surface area contributed by atoms with Gasteiger partial charge in [-0.15, -0.1) is 0 Å². The van der Waals surface area contributed by atoms with Crippen molar-refractivity contribution in [2.24, 2.45) is 10.8 Å². The SMILES string of the molecule is COC(=O)[C@H](Cc1ccc(CC(=O)CC(C)(C)C)c(OC(=O)CC(C)(C)C)c1)NC(=O)C1([NH3+])CCCCC1. The molecule has 1 aromatic carbocycles. The normalized spacial score (nSPS) is 16.3. The van der Waals surface area contributed by atoms with Crippen LogP contribution in [0.5, 0.6) is 5.75 Å². The van der Waals surface area contributed by atoms with Gasteiger partial charge in [0, 0.05) is 37.7 Å². The first-order valence-corrected chi connectivity index (χ1v) is 13.6. The highest BCUT2D eigenvalue weighted by Gasteiger charge is 2.41. The fourth-order valence-electron chi connectivity index (χ4n) is 4.76. The van der Waals surface area contributed by atoms with Crippen molar-refractivity contribution in [3.05, 3.63) is 29.3 Å². The van der Waals surface area contributed by atoms with Crippen LogP contribution in [0.4, 0.5) is 0 Å². The first-order chi connectivity index (χ1) is 17.5. The highest BCUT2D eigenvalue weighted by Crippen LogP contribution is 2.28. The van der Waals surface area contributed by atoms with E-state index in [0.717, 1.165) is 19.3 Å². The number of esters is 2. The third kappa shape index (κ3) is 10.2. The van der Waals surface area contributed by atoms with Gasteiger partial charge in [-0.1, -0.05) is 60.1 Å². The number of ketones is 1. The quantitative estimate of drug-likeness (QED) is 0.350. The number of rotatable bonds is 10. The van der Waals surface area contributed by atoms with Crippen LogP contribution in [0.25, 0.3) is 0 Å².